The Hall–Kier alpha value is -1.66. The van der Waals surface area contributed by atoms with Gasteiger partial charge in [-0.15, -0.1) is 0 Å². The second kappa shape index (κ2) is 7.53. The van der Waals surface area contributed by atoms with E-state index < -0.39 is 0 Å². The molecule has 1 fully saturated rings. The standard InChI is InChI=1S/C20H34N6/c1-20(2,3)19-17(10-21-23-19)13-24(4)12-15-8-7-9-25(5)18(15)16-11-22-26(6)14-16/h10-11,14-15,18H,7-9,12-13H2,1-6H3,(H,21,23)/t15-,18+/m0/s1. The van der Waals surface area contributed by atoms with Gasteiger partial charge in [0.1, 0.15) is 0 Å². The van der Waals surface area contributed by atoms with Gasteiger partial charge in [-0.05, 0) is 39.4 Å². The highest BCUT2D eigenvalue weighted by atomic mass is 15.3. The smallest absolute Gasteiger partial charge is 0.0537 e. The van der Waals surface area contributed by atoms with Crippen LogP contribution in [0.1, 0.15) is 56.5 Å². The van der Waals surface area contributed by atoms with Crippen molar-refractivity contribution in [1.82, 2.24) is 29.8 Å². The van der Waals surface area contributed by atoms with Crippen molar-refractivity contribution in [3.8, 4) is 0 Å². The molecule has 0 unspecified atom stereocenters. The SMILES string of the molecule is CN(Cc1cn[nH]c1C(C)(C)C)C[C@@H]1CCCN(C)[C@H]1c1cnn(C)c1. The van der Waals surface area contributed by atoms with Crippen LogP contribution in [0.2, 0.25) is 0 Å². The number of aryl methyl sites for hydroxylation is 1. The van der Waals surface area contributed by atoms with Gasteiger partial charge in [0, 0.05) is 54.6 Å². The van der Waals surface area contributed by atoms with Crippen molar-refractivity contribution >= 4 is 0 Å². The molecule has 144 valence electrons. The van der Waals surface area contributed by atoms with Gasteiger partial charge in [0.2, 0.25) is 0 Å². The van der Waals surface area contributed by atoms with Crippen LogP contribution in [0.3, 0.4) is 0 Å². The molecule has 0 saturated carbocycles. The summed E-state index contributed by atoms with van der Waals surface area (Å²) in [5, 5.41) is 11.9. The summed E-state index contributed by atoms with van der Waals surface area (Å²) in [7, 11) is 6.48. The first-order chi connectivity index (χ1) is 12.3. The van der Waals surface area contributed by atoms with Crippen molar-refractivity contribution in [2.75, 3.05) is 27.2 Å². The Morgan fingerprint density at radius 3 is 2.69 bits per heavy atom. The first-order valence-corrected chi connectivity index (χ1v) is 9.65. The van der Waals surface area contributed by atoms with Crippen molar-refractivity contribution in [3.05, 3.63) is 35.4 Å². The van der Waals surface area contributed by atoms with Crippen molar-refractivity contribution in [3.63, 3.8) is 0 Å². The van der Waals surface area contributed by atoms with Gasteiger partial charge in [-0.3, -0.25) is 14.7 Å². The van der Waals surface area contributed by atoms with E-state index in [9.17, 15) is 0 Å². The number of likely N-dealkylation sites (tertiary alicyclic amines) is 1. The zero-order valence-electron chi connectivity index (χ0n) is 17.2. The minimum atomic E-state index is 0.0932. The number of hydrogen-bond donors (Lipinski definition) is 1. The molecule has 0 spiro atoms. The Balaban J connectivity index is 1.71. The van der Waals surface area contributed by atoms with Crippen molar-refractivity contribution in [2.24, 2.45) is 13.0 Å². The Labute approximate surface area is 157 Å². The molecule has 1 aliphatic heterocycles. The van der Waals surface area contributed by atoms with E-state index in [1.165, 1.54) is 29.7 Å². The fourth-order valence-electron chi connectivity index (χ4n) is 4.41. The van der Waals surface area contributed by atoms with Crippen LogP contribution in [-0.4, -0.2) is 57.0 Å². The van der Waals surface area contributed by atoms with Gasteiger partial charge < -0.3 is 4.90 Å². The van der Waals surface area contributed by atoms with E-state index >= 15 is 0 Å². The maximum Gasteiger partial charge on any atom is 0.0537 e. The Kier molecular flexibility index (Phi) is 5.53. The van der Waals surface area contributed by atoms with Crippen LogP contribution in [0.15, 0.2) is 18.6 Å². The zero-order valence-corrected chi connectivity index (χ0v) is 17.2. The van der Waals surface area contributed by atoms with Crippen LogP contribution < -0.4 is 0 Å². The quantitative estimate of drug-likeness (QED) is 0.893. The number of H-pyrrole nitrogens is 1. The highest BCUT2D eigenvalue weighted by Crippen LogP contribution is 2.35. The lowest BCUT2D eigenvalue weighted by atomic mass is 9.85. The van der Waals surface area contributed by atoms with Crippen LogP contribution in [0.4, 0.5) is 0 Å². The summed E-state index contributed by atoms with van der Waals surface area (Å²) in [6, 6.07) is 0.450. The summed E-state index contributed by atoms with van der Waals surface area (Å²) in [6.45, 7) is 9.88. The van der Waals surface area contributed by atoms with Crippen LogP contribution in [0, 0.1) is 5.92 Å². The summed E-state index contributed by atoms with van der Waals surface area (Å²) in [5.74, 6) is 0.618. The number of aromatic nitrogens is 4. The molecule has 6 nitrogen and oxygen atoms in total. The number of hydrogen-bond acceptors (Lipinski definition) is 4. The van der Waals surface area contributed by atoms with E-state index in [2.05, 4.69) is 66.2 Å². The third-order valence-electron chi connectivity index (χ3n) is 5.53. The van der Waals surface area contributed by atoms with Crippen LogP contribution in [0.25, 0.3) is 0 Å². The molecule has 0 aromatic carbocycles. The van der Waals surface area contributed by atoms with E-state index in [0.717, 1.165) is 19.6 Å². The fraction of sp³-hybridized carbons (Fsp3) is 0.700. The van der Waals surface area contributed by atoms with Crippen LogP contribution in [-0.2, 0) is 19.0 Å². The van der Waals surface area contributed by atoms with Gasteiger partial charge in [0.15, 0.2) is 0 Å². The monoisotopic (exact) mass is 358 g/mol. The Bertz CT molecular complexity index is 710. The summed E-state index contributed by atoms with van der Waals surface area (Å²) in [6.07, 6.45) is 8.74. The largest absolute Gasteiger partial charge is 0.302 e. The normalized spacial score (nSPS) is 22.3. The second-order valence-corrected chi connectivity index (χ2v) is 8.99. The number of piperidine rings is 1. The molecule has 3 heterocycles. The first kappa shape index (κ1) is 19.1. The third kappa shape index (κ3) is 4.18. The highest BCUT2D eigenvalue weighted by Gasteiger charge is 2.32. The lowest BCUT2D eigenvalue weighted by Gasteiger charge is -2.40. The third-order valence-corrected chi connectivity index (χ3v) is 5.53. The van der Waals surface area contributed by atoms with E-state index in [1.54, 1.807) is 0 Å². The number of nitrogens with zero attached hydrogens (tertiary/aromatic N) is 5. The average molecular weight is 359 g/mol. The topological polar surface area (TPSA) is 53.0 Å². The molecule has 2 aromatic heterocycles. The molecule has 26 heavy (non-hydrogen) atoms. The number of nitrogens with one attached hydrogen (secondary N) is 1. The molecular formula is C20H34N6. The predicted molar refractivity (Wildman–Crippen MR) is 105 cm³/mol. The molecule has 0 aliphatic carbocycles. The first-order valence-electron chi connectivity index (χ1n) is 9.65. The van der Waals surface area contributed by atoms with E-state index in [1.807, 2.05) is 24.1 Å². The van der Waals surface area contributed by atoms with Gasteiger partial charge in [0.05, 0.1) is 12.4 Å². The fourth-order valence-corrected chi connectivity index (χ4v) is 4.41. The molecule has 0 radical (unpaired) electrons. The van der Waals surface area contributed by atoms with Gasteiger partial charge in [-0.2, -0.15) is 10.2 Å². The van der Waals surface area contributed by atoms with Crippen molar-refractivity contribution in [2.45, 2.75) is 51.6 Å². The van der Waals surface area contributed by atoms with Crippen molar-refractivity contribution < 1.29 is 0 Å². The maximum atomic E-state index is 4.40. The van der Waals surface area contributed by atoms with Gasteiger partial charge in [-0.25, -0.2) is 0 Å². The molecule has 2 atom stereocenters. The maximum absolute atomic E-state index is 4.40. The summed E-state index contributed by atoms with van der Waals surface area (Å²) in [4.78, 5) is 4.95. The molecule has 0 bridgehead atoms. The molecule has 6 heteroatoms. The molecule has 1 saturated heterocycles. The molecule has 0 amide bonds. The van der Waals surface area contributed by atoms with Gasteiger partial charge >= 0.3 is 0 Å². The van der Waals surface area contributed by atoms with E-state index in [4.69, 9.17) is 0 Å². The van der Waals surface area contributed by atoms with E-state index in [-0.39, 0.29) is 5.41 Å². The number of rotatable bonds is 5. The lowest BCUT2D eigenvalue weighted by Crippen LogP contribution is -2.40. The molecular weight excluding hydrogens is 324 g/mol. The van der Waals surface area contributed by atoms with Crippen LogP contribution >= 0.6 is 0 Å². The van der Waals surface area contributed by atoms with Crippen molar-refractivity contribution in [1.29, 1.82) is 0 Å². The summed E-state index contributed by atoms with van der Waals surface area (Å²) >= 11 is 0. The second-order valence-electron chi connectivity index (χ2n) is 8.99. The molecule has 1 N–H and O–H groups in total. The Morgan fingerprint density at radius 2 is 2.04 bits per heavy atom. The minimum absolute atomic E-state index is 0.0932. The summed E-state index contributed by atoms with van der Waals surface area (Å²) in [5.41, 5.74) is 3.98. The van der Waals surface area contributed by atoms with Gasteiger partial charge in [0.25, 0.3) is 0 Å². The Morgan fingerprint density at radius 1 is 1.27 bits per heavy atom. The van der Waals surface area contributed by atoms with E-state index in [0.29, 0.717) is 12.0 Å². The average Bonchev–Trinajstić information content (AvgIpc) is 3.16. The van der Waals surface area contributed by atoms with Gasteiger partial charge in [-0.1, -0.05) is 20.8 Å². The minimum Gasteiger partial charge on any atom is -0.302 e. The summed E-state index contributed by atoms with van der Waals surface area (Å²) < 4.78 is 1.92. The molecule has 3 rings (SSSR count). The molecule has 1 aliphatic rings. The lowest BCUT2D eigenvalue weighted by molar-refractivity contribution is 0.0924. The zero-order chi connectivity index (χ0) is 18.9. The number of aromatic amines is 1. The predicted octanol–water partition coefficient (Wildman–Crippen LogP) is 2.96. The van der Waals surface area contributed by atoms with Crippen LogP contribution in [0.5, 0.6) is 0 Å². The molecule has 2 aromatic rings. The highest BCUT2D eigenvalue weighted by molar-refractivity contribution is 5.23.